The summed E-state index contributed by atoms with van der Waals surface area (Å²) < 4.78 is 104. The number of anilines is 4. The molecule has 0 aliphatic carbocycles. The van der Waals surface area contributed by atoms with Gasteiger partial charge in [-0.25, -0.2) is 19.9 Å². The normalized spacial score (nSPS) is 29.1. The number of halogens is 4. The summed E-state index contributed by atoms with van der Waals surface area (Å²) in [6.45, 7) is 6.85. The highest BCUT2D eigenvalue weighted by Gasteiger charge is 2.50. The third-order valence-corrected chi connectivity index (χ3v) is 15.3. The van der Waals surface area contributed by atoms with Gasteiger partial charge in [0.05, 0.1) is 38.5 Å². The molecule has 4 aliphatic heterocycles. The maximum Gasteiger partial charge on any atom is 0.312 e. The van der Waals surface area contributed by atoms with Gasteiger partial charge in [-0.2, -0.15) is 57.4 Å². The van der Waals surface area contributed by atoms with Crippen molar-refractivity contribution in [1.29, 1.82) is 0 Å². The molecule has 0 radical (unpaired) electrons. The van der Waals surface area contributed by atoms with Gasteiger partial charge in [0.25, 0.3) is 0 Å². The average molecular weight is 1170 g/mol. The van der Waals surface area contributed by atoms with Crippen molar-refractivity contribution in [3.63, 3.8) is 0 Å². The van der Waals surface area contributed by atoms with Crippen LogP contribution in [0.5, 0.6) is 0 Å². The van der Waals surface area contributed by atoms with Crippen LogP contribution < -0.4 is 22.9 Å². The molecule has 4 saturated heterocycles. The Morgan fingerprint density at radius 1 is 0.500 bits per heavy atom. The van der Waals surface area contributed by atoms with E-state index in [-0.39, 0.29) is 82.7 Å². The first-order valence-corrected chi connectivity index (χ1v) is 25.7. The lowest BCUT2D eigenvalue weighted by molar-refractivity contribution is -0.0892. The van der Waals surface area contributed by atoms with Crippen LogP contribution in [0.1, 0.15) is 95.2 Å². The summed E-state index contributed by atoms with van der Waals surface area (Å²) >= 11 is 0. The van der Waals surface area contributed by atoms with E-state index in [1.807, 2.05) is 40.5 Å². The number of imidazole rings is 4. The molecule has 32 heteroatoms. The Morgan fingerprint density at radius 3 is 1.02 bits per heavy atom. The molecule has 84 heavy (non-hydrogen) atoms. The molecule has 0 unspecified atom stereocenters. The van der Waals surface area contributed by atoms with Gasteiger partial charge in [0, 0.05) is 24.7 Å². The second-order valence-corrected chi connectivity index (χ2v) is 20.0. The molecule has 0 amide bonds. The van der Waals surface area contributed by atoms with Crippen molar-refractivity contribution in [3.8, 4) is 49.3 Å². The van der Waals surface area contributed by atoms with E-state index in [1.54, 1.807) is 9.13 Å². The Hall–Kier alpha value is -8.96. The van der Waals surface area contributed by atoms with Crippen LogP contribution >= 0.6 is 0 Å². The first-order chi connectivity index (χ1) is 41.5. The highest BCUT2D eigenvalue weighted by Crippen LogP contribution is 2.46. The van der Waals surface area contributed by atoms with Crippen LogP contribution in [0.25, 0.3) is 44.7 Å². The Kier molecular flexibility index (Phi) is 15.2. The van der Waals surface area contributed by atoms with Crippen LogP contribution in [-0.2, 0) is 18.9 Å². The Labute approximate surface area is 478 Å². The SMILES string of the molecule is C#C[C@]1(CC)O[C@@H](n2cnc3c(N)nc(F)nc32)C[C@@H]1C.[2H]C#C[C@]1(CC)O[C@@H](n2cnc3c(N)nc(F)nc32)C[C@@H]1C.[2H]C#C[C@]1(CO)O[C@@H](n2cnc3c(N)nc(F)nc32)C[C@@H]1O.[2H]C#C[C@]1(CO)O[C@@H](n2cnc3c(N)nc(F)nc32)C[C@@H]1O. The summed E-state index contributed by atoms with van der Waals surface area (Å²) in [4.78, 5) is 44.8. The summed E-state index contributed by atoms with van der Waals surface area (Å²) in [5.74, 6) is 10.4. The number of nitrogens with zero attached hydrogens (tertiary/aromatic N) is 16. The number of ether oxygens (including phenoxy) is 4. The quantitative estimate of drug-likeness (QED) is 0.0614. The predicted molar refractivity (Wildman–Crippen MR) is 289 cm³/mol. The molecule has 0 spiro atoms. The van der Waals surface area contributed by atoms with Crippen molar-refractivity contribution in [2.45, 2.75) is 126 Å². The van der Waals surface area contributed by atoms with Gasteiger partial charge in [-0.3, -0.25) is 18.3 Å². The van der Waals surface area contributed by atoms with Gasteiger partial charge in [-0.15, -0.1) is 25.6 Å². The number of hydrogen-bond acceptors (Lipinski definition) is 24. The van der Waals surface area contributed by atoms with Crippen LogP contribution in [-0.4, -0.2) is 146 Å². The van der Waals surface area contributed by atoms with Gasteiger partial charge in [0.1, 0.15) is 52.4 Å². The highest BCUT2D eigenvalue weighted by atomic mass is 19.1. The molecule has 12 atom stereocenters. The van der Waals surface area contributed by atoms with Crippen molar-refractivity contribution in [2.24, 2.45) is 11.8 Å². The summed E-state index contributed by atoms with van der Waals surface area (Å²) in [5, 5.41) is 39.0. The molecule has 12 rings (SSSR count). The van der Waals surface area contributed by atoms with Crippen molar-refractivity contribution >= 4 is 67.9 Å². The van der Waals surface area contributed by atoms with E-state index < -0.39 is 84.6 Å². The molecule has 8 aromatic heterocycles. The molecule has 0 bridgehead atoms. The van der Waals surface area contributed by atoms with E-state index in [1.165, 1.54) is 34.4 Å². The number of hydrogen-bond donors (Lipinski definition) is 8. The van der Waals surface area contributed by atoms with Gasteiger partial charge in [-0.1, -0.05) is 51.4 Å². The summed E-state index contributed by atoms with van der Waals surface area (Å²) in [7, 11) is 0. The Morgan fingerprint density at radius 2 is 0.762 bits per heavy atom. The minimum atomic E-state index is -1.57. The van der Waals surface area contributed by atoms with Crippen molar-refractivity contribution in [1.82, 2.24) is 78.1 Å². The predicted octanol–water partition coefficient (Wildman–Crippen LogP) is 2.15. The summed E-state index contributed by atoms with van der Waals surface area (Å²) in [6.07, 6.45) is 11.8. The minimum Gasteiger partial charge on any atom is -0.392 e. The number of nitrogen functional groups attached to an aromatic ring is 4. The maximum atomic E-state index is 13.4. The fourth-order valence-corrected chi connectivity index (χ4v) is 10.4. The van der Waals surface area contributed by atoms with E-state index in [0.29, 0.717) is 48.0 Å². The zero-order valence-electron chi connectivity index (χ0n) is 48.1. The van der Waals surface area contributed by atoms with Gasteiger partial charge in [0.2, 0.25) is 0 Å². The summed E-state index contributed by atoms with van der Waals surface area (Å²) in [5.41, 5.74) is 20.0. The molecular weight excluding hydrogens is 1110 g/mol. The van der Waals surface area contributed by atoms with E-state index in [2.05, 4.69) is 89.9 Å². The average Bonchev–Trinajstić information content (AvgIpc) is 4.06. The lowest BCUT2D eigenvalue weighted by atomic mass is 9.87. The van der Waals surface area contributed by atoms with Crippen LogP contribution in [0.3, 0.4) is 0 Å². The van der Waals surface area contributed by atoms with Crippen molar-refractivity contribution < 1.29 is 61.0 Å². The molecule has 0 aromatic carbocycles. The zero-order chi connectivity index (χ0) is 62.9. The molecule has 440 valence electrons. The molecular formula is C52H56F4N20O8. The monoisotopic (exact) mass is 1170 g/mol. The molecule has 0 saturated carbocycles. The smallest absolute Gasteiger partial charge is 0.312 e. The molecule has 8 aromatic rings. The zero-order valence-corrected chi connectivity index (χ0v) is 45.1. The third-order valence-electron chi connectivity index (χ3n) is 15.3. The van der Waals surface area contributed by atoms with Crippen molar-refractivity contribution in [3.05, 3.63) is 49.6 Å². The number of aliphatic hydroxyl groups is 4. The van der Waals surface area contributed by atoms with Crippen LogP contribution in [0, 0.1) is 85.5 Å². The number of fused-ring (bicyclic) bond motifs is 4. The van der Waals surface area contributed by atoms with E-state index in [9.17, 15) is 38.0 Å². The van der Waals surface area contributed by atoms with Crippen LogP contribution in [0.4, 0.5) is 40.8 Å². The summed E-state index contributed by atoms with van der Waals surface area (Å²) in [6, 6.07) is 0. The van der Waals surface area contributed by atoms with E-state index >= 15 is 0 Å². The van der Waals surface area contributed by atoms with Gasteiger partial charge in [0.15, 0.2) is 79.1 Å². The molecule has 28 nitrogen and oxygen atoms in total. The topological polar surface area (TPSA) is 396 Å². The van der Waals surface area contributed by atoms with Gasteiger partial charge >= 0.3 is 24.3 Å². The molecule has 12 heterocycles. The fraction of sp³-hybridized carbons (Fsp3) is 0.462. The molecule has 4 aliphatic rings. The van der Waals surface area contributed by atoms with Gasteiger partial charge < -0.3 is 62.3 Å². The first kappa shape index (κ1) is 55.6. The maximum absolute atomic E-state index is 13.4. The standard InChI is InChI=1S/2C14H16FN5O.2C12H12FN5O3/c2*1-4-14(5-2)8(3)6-9(21-14)20-7-17-10-11(16)18-13(15)19-12(10)20;2*1-2-12(4-19)6(20)3-7(21-12)18-5-15-8-9(14)16-11(13)17-10(8)18/h2*1,7-9H,5-6H2,2-3H3,(H2,16,18,19);2*1,5-7,19-20H,3-4H2,(H2,14,16,17)/t2*8-,9+,14+;2*6-,7+,12+/m0000/s1/i1D;;2*1D. The fourth-order valence-electron chi connectivity index (χ4n) is 10.4. The molecule has 12 N–H and O–H groups in total. The van der Waals surface area contributed by atoms with Gasteiger partial charge in [-0.05, 0) is 25.7 Å². The van der Waals surface area contributed by atoms with E-state index in [0.717, 1.165) is 0 Å². The number of aromatic nitrogens is 16. The largest absolute Gasteiger partial charge is 0.392 e. The van der Waals surface area contributed by atoms with Crippen LogP contribution in [0.15, 0.2) is 25.3 Å². The Bertz CT molecular complexity index is 3830. The van der Waals surface area contributed by atoms with E-state index in [4.69, 9.17) is 52.4 Å². The number of rotatable bonds is 8. The number of nitrogens with two attached hydrogens (primary N) is 4. The second-order valence-electron chi connectivity index (χ2n) is 20.0. The highest BCUT2D eigenvalue weighted by molar-refractivity contribution is 5.83. The van der Waals surface area contributed by atoms with Crippen LogP contribution in [0.2, 0.25) is 0 Å². The first-order valence-electron chi connectivity index (χ1n) is 27.2. The third kappa shape index (κ3) is 10.4. The second kappa shape index (κ2) is 23.0. The minimum absolute atomic E-state index is 0.0000000525. The number of terminal acetylenes is 4. The lowest BCUT2D eigenvalue weighted by Gasteiger charge is -2.25. The van der Waals surface area contributed by atoms with Crippen molar-refractivity contribution in [2.75, 3.05) is 36.1 Å². The number of aliphatic hydroxyl groups excluding tert-OH is 4. The lowest BCUT2D eigenvalue weighted by Crippen LogP contribution is -2.41. The Balaban J connectivity index is 0.000000138. The molecule has 4 fully saturated rings.